The molecule has 1 N–H and O–H groups in total. The van der Waals surface area contributed by atoms with E-state index in [1.165, 1.54) is 0 Å². The number of esters is 1. The molecule has 3 aromatic rings. The Balaban J connectivity index is 1.62. The first-order valence-electron chi connectivity index (χ1n) is 7.99. The molecule has 3 rings (SSSR count). The number of aryl methyl sites for hydroxylation is 1. The molecule has 0 atom stereocenters. The largest absolute Gasteiger partial charge is 0.466 e. The second-order valence-electron chi connectivity index (χ2n) is 5.23. The van der Waals surface area contributed by atoms with Crippen LogP contribution in [0.5, 0.6) is 0 Å². The molecule has 7 heteroatoms. The van der Waals surface area contributed by atoms with Gasteiger partial charge in [-0.2, -0.15) is 0 Å². The van der Waals surface area contributed by atoms with Crippen molar-refractivity contribution in [3.63, 3.8) is 0 Å². The molecule has 0 bridgehead atoms. The number of hydrogen-bond acceptors (Lipinski definition) is 7. The number of nitrogens with zero attached hydrogens (tertiary/aromatic N) is 3. The fourth-order valence-electron chi connectivity index (χ4n) is 2.23. The molecule has 128 valence electrons. The molecule has 3 aromatic heterocycles. The first-order chi connectivity index (χ1) is 12.2. The van der Waals surface area contributed by atoms with Crippen LogP contribution in [0.25, 0.3) is 10.7 Å². The summed E-state index contributed by atoms with van der Waals surface area (Å²) in [5.74, 6) is 1.22. The van der Waals surface area contributed by atoms with Gasteiger partial charge in [0.2, 0.25) is 0 Å². The molecule has 0 unspecified atom stereocenters. The van der Waals surface area contributed by atoms with Crippen molar-refractivity contribution >= 4 is 28.9 Å². The number of nitrogens with one attached hydrogen (secondary N) is 1. The topological polar surface area (TPSA) is 77.0 Å². The van der Waals surface area contributed by atoms with Gasteiger partial charge in [0.1, 0.15) is 22.3 Å². The fourth-order valence-corrected chi connectivity index (χ4v) is 2.84. The average Bonchev–Trinajstić information content (AvgIpc) is 3.16. The van der Waals surface area contributed by atoms with Crippen LogP contribution in [0, 0.1) is 0 Å². The van der Waals surface area contributed by atoms with E-state index in [2.05, 4.69) is 20.3 Å². The number of thiazole rings is 1. The second kappa shape index (κ2) is 8.34. The standard InChI is InChI=1S/C18H18N4O2S/c1-2-24-17(23)9-7-13-6-8-15(20-12-13)22-16-5-3-4-14(21-16)18-19-10-11-25-18/h3-6,8,10-12H,2,7,9H2,1H3,(H,20,21,22). The minimum atomic E-state index is -0.187. The summed E-state index contributed by atoms with van der Waals surface area (Å²) in [5, 5.41) is 5.99. The number of pyridine rings is 2. The lowest BCUT2D eigenvalue weighted by molar-refractivity contribution is -0.143. The van der Waals surface area contributed by atoms with Crippen LogP contribution in [-0.4, -0.2) is 27.5 Å². The monoisotopic (exact) mass is 354 g/mol. The molecular formula is C18H18N4O2S. The predicted molar refractivity (Wildman–Crippen MR) is 97.8 cm³/mol. The minimum absolute atomic E-state index is 0.187. The molecule has 0 aliphatic heterocycles. The zero-order valence-corrected chi connectivity index (χ0v) is 14.6. The van der Waals surface area contributed by atoms with E-state index in [1.807, 2.05) is 35.7 Å². The van der Waals surface area contributed by atoms with Gasteiger partial charge in [0.25, 0.3) is 0 Å². The molecule has 0 aromatic carbocycles. The van der Waals surface area contributed by atoms with Crippen molar-refractivity contribution in [2.24, 2.45) is 0 Å². The molecular weight excluding hydrogens is 336 g/mol. The Morgan fingerprint density at radius 2 is 2.12 bits per heavy atom. The molecule has 0 saturated heterocycles. The summed E-state index contributed by atoms with van der Waals surface area (Å²) in [7, 11) is 0. The van der Waals surface area contributed by atoms with Crippen molar-refractivity contribution in [3.8, 4) is 10.7 Å². The van der Waals surface area contributed by atoms with Gasteiger partial charge in [0, 0.05) is 24.2 Å². The summed E-state index contributed by atoms with van der Waals surface area (Å²) in [6.45, 7) is 2.21. The molecule has 6 nitrogen and oxygen atoms in total. The zero-order chi connectivity index (χ0) is 17.5. The van der Waals surface area contributed by atoms with Crippen LogP contribution in [-0.2, 0) is 16.0 Å². The Morgan fingerprint density at radius 1 is 1.20 bits per heavy atom. The van der Waals surface area contributed by atoms with Crippen LogP contribution in [0.4, 0.5) is 11.6 Å². The van der Waals surface area contributed by atoms with E-state index in [0.29, 0.717) is 31.1 Å². The maximum atomic E-state index is 11.4. The molecule has 0 aliphatic carbocycles. The highest BCUT2D eigenvalue weighted by atomic mass is 32.1. The third kappa shape index (κ3) is 4.84. The number of hydrogen-bond donors (Lipinski definition) is 1. The maximum Gasteiger partial charge on any atom is 0.306 e. The summed E-state index contributed by atoms with van der Waals surface area (Å²) in [6, 6.07) is 9.56. The minimum Gasteiger partial charge on any atom is -0.466 e. The Kier molecular flexibility index (Phi) is 5.69. The lowest BCUT2D eigenvalue weighted by atomic mass is 10.1. The second-order valence-corrected chi connectivity index (χ2v) is 6.12. The number of carbonyl (C=O) groups excluding carboxylic acids is 1. The Labute approximate surface area is 149 Å². The van der Waals surface area contributed by atoms with E-state index in [4.69, 9.17) is 4.74 Å². The smallest absolute Gasteiger partial charge is 0.306 e. The number of anilines is 2. The van der Waals surface area contributed by atoms with Gasteiger partial charge < -0.3 is 10.1 Å². The fraction of sp³-hybridized carbons (Fsp3) is 0.222. The van der Waals surface area contributed by atoms with Crippen molar-refractivity contribution in [2.45, 2.75) is 19.8 Å². The first kappa shape index (κ1) is 17.0. The average molecular weight is 354 g/mol. The molecule has 0 aliphatic rings. The van der Waals surface area contributed by atoms with Crippen molar-refractivity contribution in [2.75, 3.05) is 11.9 Å². The van der Waals surface area contributed by atoms with Crippen molar-refractivity contribution in [1.82, 2.24) is 15.0 Å². The Hall–Kier alpha value is -2.80. The van der Waals surface area contributed by atoms with E-state index >= 15 is 0 Å². The van der Waals surface area contributed by atoms with Crippen molar-refractivity contribution in [3.05, 3.63) is 53.7 Å². The summed E-state index contributed by atoms with van der Waals surface area (Å²) < 4.78 is 4.92. The van der Waals surface area contributed by atoms with Crippen LogP contribution in [0.1, 0.15) is 18.9 Å². The Bertz CT molecular complexity index is 819. The van der Waals surface area contributed by atoms with E-state index in [0.717, 1.165) is 16.3 Å². The number of rotatable bonds is 7. The summed E-state index contributed by atoms with van der Waals surface area (Å²) in [5.41, 5.74) is 1.81. The summed E-state index contributed by atoms with van der Waals surface area (Å²) in [4.78, 5) is 24.6. The van der Waals surface area contributed by atoms with Crippen molar-refractivity contribution in [1.29, 1.82) is 0 Å². The van der Waals surface area contributed by atoms with Gasteiger partial charge in [-0.3, -0.25) is 4.79 Å². The van der Waals surface area contributed by atoms with Gasteiger partial charge in [-0.25, -0.2) is 15.0 Å². The first-order valence-corrected chi connectivity index (χ1v) is 8.87. The lowest BCUT2D eigenvalue weighted by Gasteiger charge is -2.07. The highest BCUT2D eigenvalue weighted by molar-refractivity contribution is 7.13. The van der Waals surface area contributed by atoms with E-state index in [-0.39, 0.29) is 5.97 Å². The molecule has 25 heavy (non-hydrogen) atoms. The quantitative estimate of drug-likeness (QED) is 0.650. The summed E-state index contributed by atoms with van der Waals surface area (Å²) in [6.07, 6.45) is 4.49. The van der Waals surface area contributed by atoms with E-state index in [1.54, 1.807) is 30.7 Å². The normalized spacial score (nSPS) is 10.4. The third-order valence-electron chi connectivity index (χ3n) is 3.40. The highest BCUT2D eigenvalue weighted by Crippen LogP contribution is 2.22. The maximum absolute atomic E-state index is 11.4. The van der Waals surface area contributed by atoms with Gasteiger partial charge in [0.05, 0.1) is 6.61 Å². The van der Waals surface area contributed by atoms with Gasteiger partial charge >= 0.3 is 5.97 Å². The Morgan fingerprint density at radius 3 is 2.84 bits per heavy atom. The number of carbonyl (C=O) groups is 1. The third-order valence-corrected chi connectivity index (χ3v) is 4.20. The van der Waals surface area contributed by atoms with Gasteiger partial charge in [-0.05, 0) is 37.1 Å². The molecule has 3 heterocycles. The predicted octanol–water partition coefficient (Wildman–Crippen LogP) is 3.84. The SMILES string of the molecule is CCOC(=O)CCc1ccc(Nc2cccc(-c3nccs3)n2)nc1. The summed E-state index contributed by atoms with van der Waals surface area (Å²) >= 11 is 1.55. The molecule has 0 saturated carbocycles. The highest BCUT2D eigenvalue weighted by Gasteiger charge is 2.05. The van der Waals surface area contributed by atoms with Gasteiger partial charge in [-0.1, -0.05) is 12.1 Å². The van der Waals surface area contributed by atoms with Crippen LogP contribution in [0.2, 0.25) is 0 Å². The number of aromatic nitrogens is 3. The molecule has 0 fully saturated rings. The number of ether oxygens (including phenoxy) is 1. The van der Waals surface area contributed by atoms with Crippen LogP contribution >= 0.6 is 11.3 Å². The lowest BCUT2D eigenvalue weighted by Crippen LogP contribution is -2.05. The molecule has 0 amide bonds. The van der Waals surface area contributed by atoms with E-state index < -0.39 is 0 Å². The van der Waals surface area contributed by atoms with Crippen molar-refractivity contribution < 1.29 is 9.53 Å². The molecule has 0 spiro atoms. The van der Waals surface area contributed by atoms with E-state index in [9.17, 15) is 4.79 Å². The van der Waals surface area contributed by atoms with Gasteiger partial charge in [-0.15, -0.1) is 11.3 Å². The van der Waals surface area contributed by atoms with Crippen LogP contribution in [0.15, 0.2) is 48.1 Å². The van der Waals surface area contributed by atoms with Gasteiger partial charge in [0.15, 0.2) is 0 Å². The van der Waals surface area contributed by atoms with Crippen LogP contribution in [0.3, 0.4) is 0 Å². The molecule has 0 radical (unpaired) electrons. The van der Waals surface area contributed by atoms with Crippen LogP contribution < -0.4 is 5.32 Å². The zero-order valence-electron chi connectivity index (χ0n) is 13.8.